The fourth-order valence-electron chi connectivity index (χ4n) is 0.295. The quantitative estimate of drug-likeness (QED) is 0.461. The van der Waals surface area contributed by atoms with E-state index >= 15 is 0 Å². The lowest BCUT2D eigenvalue weighted by atomic mass is 10.5. The summed E-state index contributed by atoms with van der Waals surface area (Å²) in [5.41, 5.74) is 0. The van der Waals surface area contributed by atoms with Gasteiger partial charge < -0.3 is 14.9 Å². The largest absolute Gasteiger partial charge is 0.378 e. The molecule has 3 N–H and O–H groups in total. The minimum atomic E-state index is -4.59. The summed E-state index contributed by atoms with van der Waals surface area (Å²) in [5.74, 6) is -2.04. The molecule has 1 unspecified atom stereocenters. The van der Waals surface area contributed by atoms with Crippen LogP contribution in [-0.4, -0.2) is 25.1 Å². The van der Waals surface area contributed by atoms with E-state index in [2.05, 4.69) is 0 Å². The zero-order chi connectivity index (χ0) is 8.58. The molecule has 1 atom stereocenters. The summed E-state index contributed by atoms with van der Waals surface area (Å²) >= 11 is 10.4. The highest BCUT2D eigenvalue weighted by Crippen LogP contribution is 2.48. The van der Waals surface area contributed by atoms with Crippen molar-refractivity contribution in [1.82, 2.24) is 0 Å². The van der Waals surface area contributed by atoms with Gasteiger partial charge in [0.25, 0.3) is 0 Å². The Hall–Kier alpha value is 0.690. The molecular weight excluding hydrogens is 202 g/mol. The number of hydrogen-bond acceptors (Lipinski definition) is 2. The molecule has 0 fully saturated rings. The van der Waals surface area contributed by atoms with E-state index in [4.69, 9.17) is 38.1 Å². The maximum absolute atomic E-state index is 10.3. The molecule has 0 aliphatic heterocycles. The molecule has 0 rings (SSSR count). The van der Waals surface area contributed by atoms with Crippen molar-refractivity contribution in [2.75, 3.05) is 0 Å². The second-order valence-electron chi connectivity index (χ2n) is 1.92. The fourth-order valence-corrected chi connectivity index (χ4v) is 1.65. The third-order valence-electron chi connectivity index (χ3n) is 0.772. The van der Waals surface area contributed by atoms with Gasteiger partial charge in [-0.1, -0.05) is 23.2 Å². The minimum absolute atomic E-state index is 1.10. The predicted molar refractivity (Wildman–Crippen MR) is 38.2 cm³/mol. The van der Waals surface area contributed by atoms with Crippen molar-refractivity contribution in [2.45, 2.75) is 17.1 Å². The van der Waals surface area contributed by atoms with Crippen molar-refractivity contribution in [1.29, 1.82) is 0 Å². The van der Waals surface area contributed by atoms with Crippen molar-refractivity contribution in [3.8, 4) is 0 Å². The summed E-state index contributed by atoms with van der Waals surface area (Å²) in [6.07, 6.45) is 0. The van der Waals surface area contributed by atoms with Gasteiger partial charge in [0.1, 0.15) is 0 Å². The van der Waals surface area contributed by atoms with Crippen LogP contribution in [0, 0.1) is 0 Å². The van der Waals surface area contributed by atoms with E-state index < -0.39 is 17.8 Å². The molecule has 0 saturated heterocycles. The Labute approximate surface area is 67.9 Å². The van der Waals surface area contributed by atoms with Crippen molar-refractivity contribution in [3.05, 3.63) is 0 Å². The molecule has 0 spiro atoms. The SMILES string of the molecule is CC(Cl)(Cl)C(O)P(=O)(O)O. The molecule has 0 aromatic rings. The van der Waals surface area contributed by atoms with E-state index in [0.717, 1.165) is 6.92 Å². The van der Waals surface area contributed by atoms with Crippen LogP contribution in [0.5, 0.6) is 0 Å². The third-order valence-corrected chi connectivity index (χ3v) is 2.64. The Morgan fingerprint density at radius 3 is 1.80 bits per heavy atom. The molecule has 0 aliphatic rings. The van der Waals surface area contributed by atoms with Crippen LogP contribution in [0.15, 0.2) is 0 Å². The van der Waals surface area contributed by atoms with Gasteiger partial charge in [-0.05, 0) is 6.92 Å². The number of rotatable bonds is 2. The average Bonchev–Trinajstić information content (AvgIpc) is 1.59. The highest BCUT2D eigenvalue weighted by atomic mass is 35.5. The third kappa shape index (κ3) is 3.19. The Bertz CT molecular complexity index is 158. The van der Waals surface area contributed by atoms with E-state index in [1.54, 1.807) is 0 Å². The lowest BCUT2D eigenvalue weighted by Crippen LogP contribution is -2.27. The second-order valence-corrected chi connectivity index (χ2v) is 5.35. The molecule has 0 saturated carbocycles. The number of alkyl halides is 2. The molecule has 10 heavy (non-hydrogen) atoms. The van der Waals surface area contributed by atoms with Crippen LogP contribution < -0.4 is 0 Å². The molecule has 62 valence electrons. The Morgan fingerprint density at radius 2 is 1.80 bits per heavy atom. The monoisotopic (exact) mass is 208 g/mol. The van der Waals surface area contributed by atoms with E-state index in [0.29, 0.717) is 0 Å². The number of hydrogen-bond donors (Lipinski definition) is 3. The van der Waals surface area contributed by atoms with Crippen LogP contribution >= 0.6 is 30.8 Å². The van der Waals surface area contributed by atoms with Crippen LogP contribution in [0.25, 0.3) is 0 Å². The first-order valence-electron chi connectivity index (χ1n) is 2.27. The molecule has 0 aromatic carbocycles. The molecule has 0 amide bonds. The van der Waals surface area contributed by atoms with Gasteiger partial charge in [-0.2, -0.15) is 0 Å². The summed E-state index contributed by atoms with van der Waals surface area (Å²) in [4.78, 5) is 16.6. The lowest BCUT2D eigenvalue weighted by Gasteiger charge is -2.21. The topological polar surface area (TPSA) is 77.8 Å². The summed E-state index contributed by atoms with van der Waals surface area (Å²) in [7, 11) is -4.59. The standard InChI is InChI=1S/C3H7Cl2O4P/c1-3(4,5)2(6)10(7,8)9/h2,6H,1H3,(H2,7,8,9). The van der Waals surface area contributed by atoms with Crippen LogP contribution in [0.1, 0.15) is 6.92 Å². The second kappa shape index (κ2) is 2.97. The molecule has 4 nitrogen and oxygen atoms in total. The van der Waals surface area contributed by atoms with E-state index in [1.165, 1.54) is 0 Å². The smallest absolute Gasteiger partial charge is 0.356 e. The first-order valence-corrected chi connectivity index (χ1v) is 4.70. The van der Waals surface area contributed by atoms with Crippen LogP contribution in [0.3, 0.4) is 0 Å². The Balaban J connectivity index is 4.39. The predicted octanol–water partition coefficient (Wildman–Crippen LogP) is 0.676. The molecule has 0 bridgehead atoms. The molecular formula is C3H7Cl2O4P. The number of halogens is 2. The molecule has 0 heterocycles. The summed E-state index contributed by atoms with van der Waals surface area (Å²) in [6, 6.07) is 0. The number of aliphatic hydroxyl groups excluding tert-OH is 1. The Morgan fingerprint density at radius 1 is 1.50 bits per heavy atom. The highest BCUT2D eigenvalue weighted by molar-refractivity contribution is 7.52. The van der Waals surface area contributed by atoms with Crippen LogP contribution in [-0.2, 0) is 4.57 Å². The minimum Gasteiger partial charge on any atom is -0.378 e. The zero-order valence-corrected chi connectivity index (χ0v) is 7.44. The molecule has 0 aromatic heterocycles. The summed E-state index contributed by atoms with van der Waals surface area (Å²) in [5, 5.41) is 8.70. The first-order chi connectivity index (χ1) is 4.15. The summed E-state index contributed by atoms with van der Waals surface area (Å²) < 4.78 is 8.43. The van der Waals surface area contributed by atoms with Gasteiger partial charge in [0.15, 0.2) is 10.2 Å². The van der Waals surface area contributed by atoms with E-state index in [9.17, 15) is 4.57 Å². The van der Waals surface area contributed by atoms with Crippen molar-refractivity contribution >= 4 is 30.8 Å². The van der Waals surface area contributed by atoms with Gasteiger partial charge in [-0.15, -0.1) is 0 Å². The van der Waals surface area contributed by atoms with Gasteiger partial charge in [0.2, 0.25) is 0 Å². The van der Waals surface area contributed by atoms with E-state index in [1.807, 2.05) is 0 Å². The van der Waals surface area contributed by atoms with Crippen LogP contribution in [0.4, 0.5) is 0 Å². The van der Waals surface area contributed by atoms with Crippen LogP contribution in [0.2, 0.25) is 0 Å². The van der Waals surface area contributed by atoms with Gasteiger partial charge >= 0.3 is 7.60 Å². The molecule has 7 heteroatoms. The van der Waals surface area contributed by atoms with Crippen molar-refractivity contribution in [3.63, 3.8) is 0 Å². The van der Waals surface area contributed by atoms with Gasteiger partial charge in [0, 0.05) is 0 Å². The van der Waals surface area contributed by atoms with Gasteiger partial charge in [0.05, 0.1) is 0 Å². The van der Waals surface area contributed by atoms with Crippen molar-refractivity contribution < 1.29 is 19.5 Å². The highest BCUT2D eigenvalue weighted by Gasteiger charge is 2.41. The Kier molecular flexibility index (Phi) is 3.18. The zero-order valence-electron chi connectivity index (χ0n) is 5.03. The lowest BCUT2D eigenvalue weighted by molar-refractivity contribution is 0.191. The number of aliphatic hydroxyl groups is 1. The van der Waals surface area contributed by atoms with Gasteiger partial charge in [-0.3, -0.25) is 4.57 Å². The average molecular weight is 209 g/mol. The first kappa shape index (κ1) is 10.7. The fraction of sp³-hybridized carbons (Fsp3) is 1.00. The summed E-state index contributed by atoms with van der Waals surface area (Å²) in [6.45, 7) is 1.10. The molecule has 0 aliphatic carbocycles. The maximum atomic E-state index is 10.3. The van der Waals surface area contributed by atoms with Crippen molar-refractivity contribution in [2.24, 2.45) is 0 Å². The molecule has 0 radical (unpaired) electrons. The van der Waals surface area contributed by atoms with Gasteiger partial charge in [-0.25, -0.2) is 0 Å². The normalized spacial score (nSPS) is 17.0. The van der Waals surface area contributed by atoms with E-state index in [-0.39, 0.29) is 0 Å². The maximum Gasteiger partial charge on any atom is 0.356 e.